The van der Waals surface area contributed by atoms with Crippen LogP contribution in [0.25, 0.3) is 71.3 Å². The van der Waals surface area contributed by atoms with Gasteiger partial charge in [0, 0.05) is 34.8 Å². The third-order valence-electron chi connectivity index (χ3n) is 7.47. The van der Waals surface area contributed by atoms with Gasteiger partial charge < -0.3 is 4.42 Å². The molecular formula is C35H24N2O. The summed E-state index contributed by atoms with van der Waals surface area (Å²) in [6.45, 7) is -2.93. The molecule has 3 nitrogen and oxygen atoms in total. The maximum atomic E-state index is 8.79. The van der Waals surface area contributed by atoms with Gasteiger partial charge in [0.2, 0.25) is 0 Å². The predicted octanol–water partition coefficient (Wildman–Crippen LogP) is 9.46. The Hall–Kier alpha value is -4.89. The van der Waals surface area contributed by atoms with E-state index in [0.717, 1.165) is 54.6 Å². The fraction of sp³-hybridized carbons (Fsp3) is 0.0571. The first-order chi connectivity index (χ1) is 20.8. The minimum Gasteiger partial charge on any atom is -0.456 e. The first-order valence-electron chi connectivity index (χ1n) is 15.1. The van der Waals surface area contributed by atoms with E-state index in [4.69, 9.17) is 11.3 Å². The van der Waals surface area contributed by atoms with Crippen molar-refractivity contribution < 1.29 is 11.3 Å². The highest BCUT2D eigenvalue weighted by Crippen LogP contribution is 2.45. The number of aryl methyl sites for hydroxylation is 1. The lowest BCUT2D eigenvalue weighted by Crippen LogP contribution is -2.03. The zero-order valence-corrected chi connectivity index (χ0v) is 20.3. The molecule has 0 fully saturated rings. The molecular weight excluding hydrogens is 464 g/mol. The number of rotatable bonds is 3. The lowest BCUT2D eigenvalue weighted by molar-refractivity contribution is 0.669. The van der Waals surface area contributed by atoms with Crippen molar-refractivity contribution in [3.8, 4) is 16.8 Å². The molecule has 8 aromatic rings. The molecule has 0 aliphatic heterocycles. The zero-order chi connectivity index (χ0) is 29.5. The Morgan fingerprint density at radius 2 is 1.32 bits per heavy atom. The molecule has 0 unspecified atom stereocenters. The van der Waals surface area contributed by atoms with E-state index in [1.54, 1.807) is 10.6 Å². The smallest absolute Gasteiger partial charge is 0.136 e. The van der Waals surface area contributed by atoms with Crippen molar-refractivity contribution in [3.63, 3.8) is 0 Å². The number of benzene rings is 6. The lowest BCUT2D eigenvalue weighted by atomic mass is 9.88. The SMILES string of the molecule is [2H]C([2H])([2H])C([2H])([2H])c1nc2ccccc2n1-c1c2ccccc2c(-c2cccc3oc4ccccc4c23)c2ccccc12. The topological polar surface area (TPSA) is 31.0 Å². The van der Waals surface area contributed by atoms with Gasteiger partial charge in [-0.2, -0.15) is 0 Å². The summed E-state index contributed by atoms with van der Waals surface area (Å²) < 4.78 is 49.8. The normalized spacial score (nSPS) is 14.6. The molecule has 0 saturated heterocycles. The number of furan rings is 1. The molecule has 3 heteroatoms. The molecule has 6 aromatic carbocycles. The fourth-order valence-electron chi connectivity index (χ4n) is 5.96. The Labute approximate surface area is 226 Å². The van der Waals surface area contributed by atoms with Crippen LogP contribution in [0.1, 0.15) is 19.5 Å². The number of aromatic nitrogens is 2. The molecule has 0 aliphatic rings. The molecule has 180 valence electrons. The number of hydrogen-bond donors (Lipinski definition) is 0. The molecule has 0 spiro atoms. The van der Waals surface area contributed by atoms with Crippen molar-refractivity contribution in [1.82, 2.24) is 9.55 Å². The zero-order valence-electron chi connectivity index (χ0n) is 25.3. The number of fused-ring (bicyclic) bond motifs is 6. The van der Waals surface area contributed by atoms with Gasteiger partial charge in [-0.1, -0.05) is 97.8 Å². The molecule has 0 aliphatic carbocycles. The van der Waals surface area contributed by atoms with E-state index in [1.165, 1.54) is 0 Å². The third kappa shape index (κ3) is 2.87. The van der Waals surface area contributed by atoms with Gasteiger partial charge in [0.1, 0.15) is 17.0 Å². The van der Waals surface area contributed by atoms with Crippen LogP contribution in [0, 0.1) is 0 Å². The van der Waals surface area contributed by atoms with Crippen molar-refractivity contribution in [2.24, 2.45) is 0 Å². The molecule has 0 amide bonds. The second kappa shape index (κ2) is 8.06. The summed E-state index contributed by atoms with van der Waals surface area (Å²) in [5, 5.41) is 5.66. The van der Waals surface area contributed by atoms with Gasteiger partial charge in [-0.25, -0.2) is 4.98 Å². The molecule has 0 atom stereocenters. The fourth-order valence-corrected chi connectivity index (χ4v) is 5.96. The Morgan fingerprint density at radius 3 is 2.08 bits per heavy atom. The Bertz CT molecular complexity index is 2330. The first kappa shape index (κ1) is 16.8. The summed E-state index contributed by atoms with van der Waals surface area (Å²) in [5.74, 6) is -0.153. The van der Waals surface area contributed by atoms with E-state index in [9.17, 15) is 0 Å². The minimum atomic E-state index is -2.93. The van der Waals surface area contributed by atoms with Gasteiger partial charge in [0.25, 0.3) is 0 Å². The summed E-state index contributed by atoms with van der Waals surface area (Å²) in [6, 6.07) is 37.5. The van der Waals surface area contributed by atoms with Crippen LogP contribution < -0.4 is 0 Å². The summed E-state index contributed by atoms with van der Waals surface area (Å²) in [7, 11) is 0. The van der Waals surface area contributed by atoms with E-state index in [2.05, 4.69) is 29.2 Å². The van der Waals surface area contributed by atoms with Crippen LogP contribution in [0.15, 0.2) is 120 Å². The number of hydrogen-bond acceptors (Lipinski definition) is 2. The highest BCUT2D eigenvalue weighted by Gasteiger charge is 2.22. The Kier molecular flexibility index (Phi) is 3.56. The molecule has 0 N–H and O–H groups in total. The van der Waals surface area contributed by atoms with E-state index in [0.29, 0.717) is 16.7 Å². The Balaban J connectivity index is 1.58. The van der Waals surface area contributed by atoms with Crippen LogP contribution in [0.3, 0.4) is 0 Å². The average Bonchev–Trinajstić information content (AvgIpc) is 3.58. The molecule has 0 radical (unpaired) electrons. The highest BCUT2D eigenvalue weighted by molar-refractivity contribution is 6.24. The van der Waals surface area contributed by atoms with Crippen LogP contribution in [-0.2, 0) is 6.37 Å². The molecule has 8 rings (SSSR count). The van der Waals surface area contributed by atoms with Gasteiger partial charge in [0.15, 0.2) is 0 Å². The third-order valence-corrected chi connectivity index (χ3v) is 7.47. The van der Waals surface area contributed by atoms with Gasteiger partial charge in [-0.05, 0) is 46.2 Å². The summed E-state index contributed by atoms with van der Waals surface area (Å²) in [5.41, 5.74) is 5.51. The molecule has 2 heterocycles. The molecule has 38 heavy (non-hydrogen) atoms. The van der Waals surface area contributed by atoms with Gasteiger partial charge in [-0.15, -0.1) is 0 Å². The van der Waals surface area contributed by atoms with E-state index >= 15 is 0 Å². The van der Waals surface area contributed by atoms with E-state index in [1.807, 2.05) is 84.9 Å². The van der Waals surface area contributed by atoms with Crippen LogP contribution in [-0.4, -0.2) is 9.55 Å². The first-order valence-corrected chi connectivity index (χ1v) is 12.6. The molecule has 2 aromatic heterocycles. The van der Waals surface area contributed by atoms with Crippen molar-refractivity contribution in [2.75, 3.05) is 0 Å². The van der Waals surface area contributed by atoms with Crippen molar-refractivity contribution >= 4 is 54.5 Å². The monoisotopic (exact) mass is 493 g/mol. The van der Waals surface area contributed by atoms with E-state index < -0.39 is 13.2 Å². The van der Waals surface area contributed by atoms with Gasteiger partial charge >= 0.3 is 0 Å². The number of imidazole rings is 1. The van der Waals surface area contributed by atoms with Crippen LogP contribution in [0.2, 0.25) is 0 Å². The number of nitrogens with zero attached hydrogens (tertiary/aromatic N) is 2. The van der Waals surface area contributed by atoms with Crippen LogP contribution in [0.5, 0.6) is 0 Å². The maximum Gasteiger partial charge on any atom is 0.136 e. The quantitative estimate of drug-likeness (QED) is 0.230. The second-order valence-electron chi connectivity index (χ2n) is 9.48. The highest BCUT2D eigenvalue weighted by atomic mass is 16.3. The van der Waals surface area contributed by atoms with Gasteiger partial charge in [0.05, 0.1) is 16.7 Å². The average molecular weight is 494 g/mol. The second-order valence-corrected chi connectivity index (χ2v) is 9.48. The van der Waals surface area contributed by atoms with Crippen LogP contribution >= 0.6 is 0 Å². The Morgan fingerprint density at radius 1 is 0.684 bits per heavy atom. The van der Waals surface area contributed by atoms with Crippen LogP contribution in [0.4, 0.5) is 0 Å². The van der Waals surface area contributed by atoms with Crippen molar-refractivity contribution in [1.29, 1.82) is 0 Å². The lowest BCUT2D eigenvalue weighted by Gasteiger charge is -2.20. The van der Waals surface area contributed by atoms with Crippen molar-refractivity contribution in [3.05, 3.63) is 121 Å². The van der Waals surface area contributed by atoms with E-state index in [-0.39, 0.29) is 5.82 Å². The number of para-hydroxylation sites is 3. The largest absolute Gasteiger partial charge is 0.456 e. The maximum absolute atomic E-state index is 8.79. The minimum absolute atomic E-state index is 0.153. The van der Waals surface area contributed by atoms with Gasteiger partial charge in [-0.3, -0.25) is 4.57 Å². The van der Waals surface area contributed by atoms with Crippen molar-refractivity contribution in [2.45, 2.75) is 13.2 Å². The summed E-state index contributed by atoms with van der Waals surface area (Å²) >= 11 is 0. The summed E-state index contributed by atoms with van der Waals surface area (Å²) in [6.07, 6.45) is -2.71. The summed E-state index contributed by atoms with van der Waals surface area (Å²) in [4.78, 5) is 4.61. The molecule has 0 bridgehead atoms. The molecule has 0 saturated carbocycles. The standard InChI is InChI=1S/C35H24N2O/c1-2-32-36-28-18-8-9-19-29(28)37(32)35-24-14-5-3-12-22(24)33(23-13-4-6-15-25(23)35)27-17-11-21-31-34(27)26-16-7-10-20-30(26)38-31/h3-21H,2H2,1H3/i1D3,2D2. The predicted molar refractivity (Wildman–Crippen MR) is 158 cm³/mol.